The summed E-state index contributed by atoms with van der Waals surface area (Å²) < 4.78 is 0. The van der Waals surface area contributed by atoms with Gasteiger partial charge in [0.2, 0.25) is 0 Å². The fraction of sp³-hybridized carbons (Fsp3) is 1.00. The Balaban J connectivity index is 4.44. The van der Waals surface area contributed by atoms with E-state index in [0.717, 1.165) is 23.8 Å². The molecule has 0 aliphatic carbocycles. The predicted octanol–water partition coefficient (Wildman–Crippen LogP) is 5.60. The highest BCUT2D eigenvalue weighted by Crippen LogP contribution is 2.18. The van der Waals surface area contributed by atoms with Crippen molar-refractivity contribution in [1.82, 2.24) is 4.90 Å². The van der Waals surface area contributed by atoms with Crippen LogP contribution in [-0.2, 0) is 0 Å². The van der Waals surface area contributed by atoms with Crippen LogP contribution >= 0.6 is 0 Å². The van der Waals surface area contributed by atoms with E-state index < -0.39 is 0 Å². The zero-order chi connectivity index (χ0) is 14.8. The summed E-state index contributed by atoms with van der Waals surface area (Å²) in [6.07, 6.45) is 6.70. The van der Waals surface area contributed by atoms with E-state index in [1.54, 1.807) is 0 Å². The third-order valence-corrected chi connectivity index (χ3v) is 4.09. The summed E-state index contributed by atoms with van der Waals surface area (Å²) in [6.45, 7) is 19.1. The Morgan fingerprint density at radius 2 is 1.16 bits per heavy atom. The average Bonchev–Trinajstić information content (AvgIpc) is 2.27. The Morgan fingerprint density at radius 1 is 0.737 bits per heavy atom. The Morgan fingerprint density at radius 3 is 1.47 bits per heavy atom. The van der Waals surface area contributed by atoms with Crippen LogP contribution < -0.4 is 0 Å². The standard InChI is InChI=1S/C18H39N/c1-8-10-16(5)13-19(14-17(6)11-9-2)18(7)12-15(3)4/h15-18H,8-14H2,1-7H3/t16?,17?,18-/m0/s1. The van der Waals surface area contributed by atoms with E-state index in [1.807, 2.05) is 0 Å². The van der Waals surface area contributed by atoms with Crippen LogP contribution in [0.3, 0.4) is 0 Å². The van der Waals surface area contributed by atoms with Crippen LogP contribution in [0.5, 0.6) is 0 Å². The van der Waals surface area contributed by atoms with Gasteiger partial charge in [-0.1, -0.05) is 54.4 Å². The fourth-order valence-electron chi connectivity index (χ4n) is 3.23. The molecule has 0 bridgehead atoms. The molecule has 1 heteroatoms. The molecule has 0 saturated carbocycles. The zero-order valence-electron chi connectivity index (χ0n) is 14.7. The van der Waals surface area contributed by atoms with Crippen LogP contribution in [0.2, 0.25) is 0 Å². The molecule has 0 aromatic carbocycles. The molecule has 0 aliphatic heterocycles. The minimum absolute atomic E-state index is 0.735. The van der Waals surface area contributed by atoms with Crippen LogP contribution in [0.1, 0.15) is 80.6 Å². The summed E-state index contributed by atoms with van der Waals surface area (Å²) in [4.78, 5) is 2.76. The van der Waals surface area contributed by atoms with E-state index in [1.165, 1.54) is 45.2 Å². The molecule has 0 amide bonds. The van der Waals surface area contributed by atoms with Crippen molar-refractivity contribution in [3.05, 3.63) is 0 Å². The summed E-state index contributed by atoms with van der Waals surface area (Å²) in [5.41, 5.74) is 0. The molecule has 1 nitrogen and oxygen atoms in total. The molecular weight excluding hydrogens is 230 g/mol. The van der Waals surface area contributed by atoms with E-state index in [2.05, 4.69) is 53.4 Å². The van der Waals surface area contributed by atoms with E-state index in [4.69, 9.17) is 0 Å². The summed E-state index contributed by atoms with van der Waals surface area (Å²) in [6, 6.07) is 0.735. The average molecular weight is 270 g/mol. The maximum Gasteiger partial charge on any atom is 0.00695 e. The number of hydrogen-bond acceptors (Lipinski definition) is 1. The Labute approximate surface area is 123 Å². The van der Waals surface area contributed by atoms with Crippen molar-refractivity contribution in [2.24, 2.45) is 17.8 Å². The molecule has 0 aromatic rings. The molecule has 0 aromatic heterocycles. The second kappa shape index (κ2) is 10.7. The second-order valence-corrected chi connectivity index (χ2v) is 7.22. The highest BCUT2D eigenvalue weighted by molar-refractivity contribution is 4.73. The molecule has 116 valence electrons. The summed E-state index contributed by atoms with van der Waals surface area (Å²) in [5, 5.41) is 0. The van der Waals surface area contributed by atoms with Gasteiger partial charge in [-0.25, -0.2) is 0 Å². The van der Waals surface area contributed by atoms with Gasteiger partial charge in [0, 0.05) is 19.1 Å². The molecule has 0 spiro atoms. The first-order valence-corrected chi connectivity index (χ1v) is 8.64. The lowest BCUT2D eigenvalue weighted by Crippen LogP contribution is -2.40. The first kappa shape index (κ1) is 19.0. The fourth-order valence-corrected chi connectivity index (χ4v) is 3.23. The van der Waals surface area contributed by atoms with Gasteiger partial charge in [-0.15, -0.1) is 0 Å². The van der Waals surface area contributed by atoms with Crippen molar-refractivity contribution in [3.8, 4) is 0 Å². The van der Waals surface area contributed by atoms with Crippen molar-refractivity contribution in [2.45, 2.75) is 86.6 Å². The van der Waals surface area contributed by atoms with Crippen molar-refractivity contribution >= 4 is 0 Å². The van der Waals surface area contributed by atoms with E-state index in [9.17, 15) is 0 Å². The number of nitrogens with zero attached hydrogens (tertiary/aromatic N) is 1. The smallest absolute Gasteiger partial charge is 0.00695 e. The van der Waals surface area contributed by atoms with Gasteiger partial charge in [-0.2, -0.15) is 0 Å². The molecule has 0 fully saturated rings. The first-order valence-electron chi connectivity index (χ1n) is 8.64. The topological polar surface area (TPSA) is 3.24 Å². The Bertz CT molecular complexity index is 186. The van der Waals surface area contributed by atoms with Crippen molar-refractivity contribution in [1.29, 1.82) is 0 Å². The highest BCUT2D eigenvalue weighted by atomic mass is 15.2. The monoisotopic (exact) mass is 269 g/mol. The van der Waals surface area contributed by atoms with Crippen LogP contribution in [0.25, 0.3) is 0 Å². The van der Waals surface area contributed by atoms with Crippen molar-refractivity contribution < 1.29 is 0 Å². The Hall–Kier alpha value is -0.0400. The predicted molar refractivity (Wildman–Crippen MR) is 88.6 cm³/mol. The Kier molecular flexibility index (Phi) is 10.7. The lowest BCUT2D eigenvalue weighted by molar-refractivity contribution is 0.136. The van der Waals surface area contributed by atoms with Crippen molar-refractivity contribution in [2.75, 3.05) is 13.1 Å². The van der Waals surface area contributed by atoms with E-state index >= 15 is 0 Å². The van der Waals surface area contributed by atoms with E-state index in [-0.39, 0.29) is 0 Å². The summed E-state index contributed by atoms with van der Waals surface area (Å²) in [7, 11) is 0. The lowest BCUT2D eigenvalue weighted by atomic mass is 9.98. The SMILES string of the molecule is CCCC(C)CN(CC(C)CCC)[C@@H](C)CC(C)C. The maximum atomic E-state index is 2.76. The van der Waals surface area contributed by atoms with Gasteiger partial charge < -0.3 is 4.90 Å². The molecule has 2 unspecified atom stereocenters. The second-order valence-electron chi connectivity index (χ2n) is 7.22. The minimum Gasteiger partial charge on any atom is -0.300 e. The maximum absolute atomic E-state index is 2.76. The van der Waals surface area contributed by atoms with Gasteiger partial charge in [-0.3, -0.25) is 0 Å². The van der Waals surface area contributed by atoms with Crippen molar-refractivity contribution in [3.63, 3.8) is 0 Å². The van der Waals surface area contributed by atoms with Gasteiger partial charge >= 0.3 is 0 Å². The van der Waals surface area contributed by atoms with Crippen LogP contribution in [0, 0.1) is 17.8 Å². The third-order valence-electron chi connectivity index (χ3n) is 4.09. The molecule has 0 radical (unpaired) electrons. The summed E-state index contributed by atoms with van der Waals surface area (Å²) in [5.74, 6) is 2.49. The molecule has 3 atom stereocenters. The normalized spacial score (nSPS) is 16.9. The molecule has 0 aliphatic rings. The molecule has 19 heavy (non-hydrogen) atoms. The molecule has 0 heterocycles. The molecule has 0 N–H and O–H groups in total. The summed E-state index contributed by atoms with van der Waals surface area (Å²) >= 11 is 0. The quantitative estimate of drug-likeness (QED) is 0.472. The zero-order valence-corrected chi connectivity index (χ0v) is 14.7. The van der Waals surface area contributed by atoms with Crippen LogP contribution in [0.15, 0.2) is 0 Å². The van der Waals surface area contributed by atoms with Gasteiger partial charge in [0.25, 0.3) is 0 Å². The van der Waals surface area contributed by atoms with Crippen LogP contribution in [-0.4, -0.2) is 24.0 Å². The highest BCUT2D eigenvalue weighted by Gasteiger charge is 2.19. The number of hydrogen-bond donors (Lipinski definition) is 0. The van der Waals surface area contributed by atoms with Gasteiger partial charge in [-0.05, 0) is 43.9 Å². The number of rotatable bonds is 11. The van der Waals surface area contributed by atoms with E-state index in [0.29, 0.717) is 0 Å². The lowest BCUT2D eigenvalue weighted by Gasteiger charge is -2.34. The van der Waals surface area contributed by atoms with Gasteiger partial charge in [0.15, 0.2) is 0 Å². The minimum atomic E-state index is 0.735. The first-order chi connectivity index (χ1) is 8.90. The molecular formula is C18H39N. The molecule has 0 saturated heterocycles. The van der Waals surface area contributed by atoms with Gasteiger partial charge in [0.1, 0.15) is 0 Å². The van der Waals surface area contributed by atoms with Gasteiger partial charge in [0.05, 0.1) is 0 Å². The van der Waals surface area contributed by atoms with Crippen LogP contribution in [0.4, 0.5) is 0 Å². The third kappa shape index (κ3) is 9.49. The molecule has 0 rings (SSSR count). The largest absolute Gasteiger partial charge is 0.300 e.